The van der Waals surface area contributed by atoms with Crippen LogP contribution in [0.1, 0.15) is 18.4 Å². The zero-order valence-electron chi connectivity index (χ0n) is 16.2. The zero-order chi connectivity index (χ0) is 20.2. The molecule has 0 saturated carbocycles. The van der Waals surface area contributed by atoms with Gasteiger partial charge in [0.2, 0.25) is 5.91 Å². The summed E-state index contributed by atoms with van der Waals surface area (Å²) in [5.41, 5.74) is 2.43. The van der Waals surface area contributed by atoms with Crippen molar-refractivity contribution in [3.8, 4) is 17.1 Å². The molecule has 1 aromatic carbocycles. The number of carbonyl (C=O) groups excluding carboxylic acids is 1. The van der Waals surface area contributed by atoms with Crippen LogP contribution in [0.2, 0.25) is 0 Å². The average molecular weight is 389 g/mol. The van der Waals surface area contributed by atoms with Gasteiger partial charge in [0.25, 0.3) is 0 Å². The highest BCUT2D eigenvalue weighted by molar-refractivity contribution is 5.92. The van der Waals surface area contributed by atoms with E-state index in [9.17, 15) is 9.90 Å². The first-order valence-corrected chi connectivity index (χ1v) is 9.68. The third-order valence-corrected chi connectivity index (χ3v) is 5.11. The molecule has 3 heterocycles. The van der Waals surface area contributed by atoms with Crippen molar-refractivity contribution in [2.75, 3.05) is 23.3 Å². The standard InChI is InChI=1S/C22H23N5O2/c1-15-5-6-20(23-12-15)27-9-7-16(8-10-27)22(29)26-18-13-24-21(25-14-18)17-3-2-4-19(28)11-17/h2-6,11-14,16,28H,7-10H2,1H3,(H,26,29). The van der Waals surface area contributed by atoms with E-state index in [-0.39, 0.29) is 17.6 Å². The van der Waals surface area contributed by atoms with Crippen LogP contribution in [0.15, 0.2) is 55.0 Å². The lowest BCUT2D eigenvalue weighted by Gasteiger charge is -2.32. The number of hydrogen-bond donors (Lipinski definition) is 2. The Morgan fingerprint density at radius 1 is 1.07 bits per heavy atom. The molecule has 1 amide bonds. The van der Waals surface area contributed by atoms with Crippen molar-refractivity contribution in [2.45, 2.75) is 19.8 Å². The van der Waals surface area contributed by atoms with Gasteiger partial charge in [-0.1, -0.05) is 18.2 Å². The van der Waals surface area contributed by atoms with Gasteiger partial charge in [-0.15, -0.1) is 0 Å². The summed E-state index contributed by atoms with van der Waals surface area (Å²) in [5, 5.41) is 12.5. The highest BCUT2D eigenvalue weighted by Crippen LogP contribution is 2.24. The van der Waals surface area contributed by atoms with Crippen molar-refractivity contribution in [3.63, 3.8) is 0 Å². The molecule has 148 valence electrons. The minimum Gasteiger partial charge on any atom is -0.508 e. The molecule has 1 saturated heterocycles. The lowest BCUT2D eigenvalue weighted by Crippen LogP contribution is -2.38. The third kappa shape index (κ3) is 4.51. The Balaban J connectivity index is 1.33. The number of nitrogens with zero attached hydrogens (tertiary/aromatic N) is 4. The van der Waals surface area contributed by atoms with Crippen LogP contribution in [0.25, 0.3) is 11.4 Å². The van der Waals surface area contributed by atoms with E-state index in [4.69, 9.17) is 0 Å². The predicted octanol–water partition coefficient (Wildman–Crippen LogP) is 3.41. The van der Waals surface area contributed by atoms with Gasteiger partial charge >= 0.3 is 0 Å². The first-order valence-electron chi connectivity index (χ1n) is 9.68. The molecule has 1 fully saturated rings. The molecular weight excluding hydrogens is 366 g/mol. The van der Waals surface area contributed by atoms with E-state index >= 15 is 0 Å². The topological polar surface area (TPSA) is 91.2 Å². The molecular formula is C22H23N5O2. The van der Waals surface area contributed by atoms with Gasteiger partial charge in [-0.3, -0.25) is 4.79 Å². The summed E-state index contributed by atoms with van der Waals surface area (Å²) in [6.07, 6.45) is 6.62. The quantitative estimate of drug-likeness (QED) is 0.711. The summed E-state index contributed by atoms with van der Waals surface area (Å²) in [7, 11) is 0. The van der Waals surface area contributed by atoms with Gasteiger partial charge in [-0.2, -0.15) is 0 Å². The van der Waals surface area contributed by atoms with Crippen LogP contribution in [-0.4, -0.2) is 39.1 Å². The number of anilines is 2. The van der Waals surface area contributed by atoms with Gasteiger partial charge < -0.3 is 15.3 Å². The van der Waals surface area contributed by atoms with Gasteiger partial charge in [0, 0.05) is 30.8 Å². The van der Waals surface area contributed by atoms with Crippen molar-refractivity contribution in [1.29, 1.82) is 0 Å². The number of nitrogens with one attached hydrogen (secondary N) is 1. The average Bonchev–Trinajstić information content (AvgIpc) is 2.75. The Hall–Kier alpha value is -3.48. The van der Waals surface area contributed by atoms with Crippen LogP contribution in [0.5, 0.6) is 5.75 Å². The largest absolute Gasteiger partial charge is 0.508 e. The highest BCUT2D eigenvalue weighted by Gasteiger charge is 2.25. The monoisotopic (exact) mass is 389 g/mol. The second kappa shape index (κ2) is 8.26. The van der Waals surface area contributed by atoms with Crippen LogP contribution in [0.3, 0.4) is 0 Å². The molecule has 0 aliphatic carbocycles. The number of benzene rings is 1. The summed E-state index contributed by atoms with van der Waals surface area (Å²) in [6.45, 7) is 3.63. The van der Waals surface area contributed by atoms with Crippen LogP contribution in [0, 0.1) is 12.8 Å². The molecule has 0 radical (unpaired) electrons. The molecule has 2 N–H and O–H groups in total. The minimum atomic E-state index is -0.0394. The molecule has 1 aliphatic rings. The molecule has 0 spiro atoms. The predicted molar refractivity (Wildman–Crippen MR) is 112 cm³/mol. The molecule has 1 aliphatic heterocycles. The number of phenolic OH excluding ortho intramolecular Hbond substituents is 1. The normalized spacial score (nSPS) is 14.6. The van der Waals surface area contributed by atoms with E-state index in [1.807, 2.05) is 25.3 Å². The Bertz CT molecular complexity index is 981. The van der Waals surface area contributed by atoms with Crippen molar-refractivity contribution < 1.29 is 9.90 Å². The Labute approximate surface area is 169 Å². The molecule has 4 rings (SSSR count). The van der Waals surface area contributed by atoms with Crippen molar-refractivity contribution in [3.05, 3.63) is 60.6 Å². The second-order valence-corrected chi connectivity index (χ2v) is 7.29. The van der Waals surface area contributed by atoms with E-state index in [0.29, 0.717) is 11.5 Å². The Morgan fingerprint density at radius 2 is 1.83 bits per heavy atom. The van der Waals surface area contributed by atoms with Gasteiger partial charge in [0.05, 0.1) is 18.1 Å². The minimum absolute atomic E-state index is 0.00443. The number of piperidine rings is 1. The van der Waals surface area contributed by atoms with Crippen LogP contribution in [0.4, 0.5) is 11.5 Å². The fraction of sp³-hybridized carbons (Fsp3) is 0.273. The zero-order valence-corrected chi connectivity index (χ0v) is 16.2. The van der Waals surface area contributed by atoms with E-state index in [1.165, 1.54) is 0 Å². The van der Waals surface area contributed by atoms with Crippen molar-refractivity contribution in [1.82, 2.24) is 15.0 Å². The number of aromatic nitrogens is 3. The molecule has 0 unspecified atom stereocenters. The Kier molecular flexibility index (Phi) is 5.37. The van der Waals surface area contributed by atoms with Gasteiger partial charge in [0.1, 0.15) is 11.6 Å². The fourth-order valence-corrected chi connectivity index (χ4v) is 3.45. The van der Waals surface area contributed by atoms with E-state index < -0.39 is 0 Å². The summed E-state index contributed by atoms with van der Waals surface area (Å²) >= 11 is 0. The summed E-state index contributed by atoms with van der Waals surface area (Å²) < 4.78 is 0. The van der Waals surface area contributed by atoms with Crippen LogP contribution < -0.4 is 10.2 Å². The number of aromatic hydroxyl groups is 1. The number of aryl methyl sites for hydroxylation is 1. The second-order valence-electron chi connectivity index (χ2n) is 7.29. The number of rotatable bonds is 4. The summed E-state index contributed by atoms with van der Waals surface area (Å²) in [6, 6.07) is 10.8. The van der Waals surface area contributed by atoms with Crippen molar-refractivity contribution in [2.24, 2.45) is 5.92 Å². The smallest absolute Gasteiger partial charge is 0.227 e. The molecule has 7 nitrogen and oxygen atoms in total. The van der Waals surface area contributed by atoms with Crippen molar-refractivity contribution >= 4 is 17.4 Å². The van der Waals surface area contributed by atoms with Crippen LogP contribution in [-0.2, 0) is 4.79 Å². The maximum absolute atomic E-state index is 12.6. The SMILES string of the molecule is Cc1ccc(N2CCC(C(=O)Nc3cnc(-c4cccc(O)c4)nc3)CC2)nc1. The van der Waals surface area contributed by atoms with E-state index in [0.717, 1.165) is 42.9 Å². The fourth-order valence-electron chi connectivity index (χ4n) is 3.45. The van der Waals surface area contributed by atoms with E-state index in [2.05, 4.69) is 31.2 Å². The molecule has 7 heteroatoms. The highest BCUT2D eigenvalue weighted by atomic mass is 16.3. The number of hydrogen-bond acceptors (Lipinski definition) is 6. The number of phenols is 1. The first kappa shape index (κ1) is 18.9. The third-order valence-electron chi connectivity index (χ3n) is 5.11. The number of carbonyl (C=O) groups is 1. The molecule has 0 bridgehead atoms. The lowest BCUT2D eigenvalue weighted by atomic mass is 9.96. The Morgan fingerprint density at radius 3 is 2.48 bits per heavy atom. The summed E-state index contributed by atoms with van der Waals surface area (Å²) in [5.74, 6) is 1.58. The van der Waals surface area contributed by atoms with Crippen LogP contribution >= 0.6 is 0 Å². The lowest BCUT2D eigenvalue weighted by molar-refractivity contribution is -0.120. The molecule has 29 heavy (non-hydrogen) atoms. The van der Waals surface area contributed by atoms with E-state index in [1.54, 1.807) is 30.6 Å². The molecule has 0 atom stereocenters. The maximum atomic E-state index is 12.6. The van der Waals surface area contributed by atoms with Gasteiger partial charge in [-0.05, 0) is 43.5 Å². The number of pyridine rings is 1. The van der Waals surface area contributed by atoms with Gasteiger partial charge in [0.15, 0.2) is 5.82 Å². The molecule has 3 aromatic rings. The first-order chi connectivity index (χ1) is 14.1. The molecule has 2 aromatic heterocycles. The maximum Gasteiger partial charge on any atom is 0.227 e. The summed E-state index contributed by atoms with van der Waals surface area (Å²) in [4.78, 5) is 27.9. The van der Waals surface area contributed by atoms with Gasteiger partial charge in [-0.25, -0.2) is 15.0 Å². The number of amides is 1.